The van der Waals surface area contributed by atoms with Crippen LogP contribution in [0, 0.1) is 13.8 Å². The molecule has 3 rings (SSSR count). The predicted octanol–water partition coefficient (Wildman–Crippen LogP) is 3.64. The molecule has 2 aromatic carbocycles. The van der Waals surface area contributed by atoms with E-state index in [2.05, 4.69) is 74.1 Å². The zero-order valence-corrected chi connectivity index (χ0v) is 16.6. The van der Waals surface area contributed by atoms with Crippen LogP contribution in [0.2, 0.25) is 0 Å². The van der Waals surface area contributed by atoms with Crippen molar-refractivity contribution in [2.24, 2.45) is 0 Å². The lowest BCUT2D eigenvalue weighted by Gasteiger charge is -2.26. The first-order valence-corrected chi connectivity index (χ1v) is 9.22. The number of hydrogen-bond acceptors (Lipinski definition) is 4. The predicted molar refractivity (Wildman–Crippen MR) is 106 cm³/mol. The number of nitrogens with zero attached hydrogens (tertiary/aromatic N) is 2. The second kappa shape index (κ2) is 8.11. The molecule has 0 bridgehead atoms. The van der Waals surface area contributed by atoms with Crippen LogP contribution in [0.1, 0.15) is 22.3 Å². The van der Waals surface area contributed by atoms with Crippen molar-refractivity contribution in [1.29, 1.82) is 0 Å². The Morgan fingerprint density at radius 1 is 1.12 bits per heavy atom. The van der Waals surface area contributed by atoms with Gasteiger partial charge in [0.05, 0.1) is 7.11 Å². The smallest absolute Gasteiger partial charge is 0.124 e. The maximum Gasteiger partial charge on any atom is 0.124 e. The van der Waals surface area contributed by atoms with Crippen LogP contribution in [0.15, 0.2) is 36.4 Å². The zero-order chi connectivity index (χ0) is 18.7. The Morgan fingerprint density at radius 2 is 1.88 bits per heavy atom. The summed E-state index contributed by atoms with van der Waals surface area (Å²) < 4.78 is 11.8. The van der Waals surface area contributed by atoms with E-state index in [0.717, 1.165) is 37.7 Å². The summed E-state index contributed by atoms with van der Waals surface area (Å²) in [5.41, 5.74) is 5.15. The number of fused-ring (bicyclic) bond motifs is 1. The van der Waals surface area contributed by atoms with E-state index in [1.165, 1.54) is 22.3 Å². The minimum atomic E-state index is 0.160. The van der Waals surface area contributed by atoms with Gasteiger partial charge < -0.3 is 14.4 Å². The number of ether oxygens (including phenoxy) is 2. The second-order valence-corrected chi connectivity index (χ2v) is 7.46. The Labute approximate surface area is 157 Å². The monoisotopic (exact) mass is 354 g/mol. The van der Waals surface area contributed by atoms with Gasteiger partial charge in [-0.3, -0.25) is 4.90 Å². The van der Waals surface area contributed by atoms with Crippen molar-refractivity contribution in [3.8, 4) is 11.5 Å². The average Bonchev–Trinajstić information content (AvgIpc) is 2.77. The van der Waals surface area contributed by atoms with Crippen LogP contribution in [0.3, 0.4) is 0 Å². The summed E-state index contributed by atoms with van der Waals surface area (Å²) in [6.45, 7) is 7.96. The van der Waals surface area contributed by atoms with Crippen molar-refractivity contribution in [2.45, 2.75) is 33.0 Å². The molecule has 0 saturated heterocycles. The molecule has 1 unspecified atom stereocenters. The lowest BCUT2D eigenvalue weighted by atomic mass is 10.0. The molecule has 1 aliphatic rings. The van der Waals surface area contributed by atoms with E-state index < -0.39 is 0 Å². The molecule has 0 saturated carbocycles. The molecule has 0 radical (unpaired) electrons. The van der Waals surface area contributed by atoms with Gasteiger partial charge >= 0.3 is 0 Å². The highest BCUT2D eigenvalue weighted by molar-refractivity contribution is 5.43. The highest BCUT2D eigenvalue weighted by Gasteiger charge is 2.24. The van der Waals surface area contributed by atoms with Crippen LogP contribution in [0.4, 0.5) is 0 Å². The molecule has 0 aliphatic carbocycles. The number of methoxy groups -OCH3 is 1. The Balaban J connectivity index is 1.85. The van der Waals surface area contributed by atoms with Gasteiger partial charge in [-0.1, -0.05) is 24.3 Å². The van der Waals surface area contributed by atoms with Crippen molar-refractivity contribution in [3.05, 3.63) is 58.7 Å². The molecule has 0 fully saturated rings. The maximum atomic E-state index is 6.32. The van der Waals surface area contributed by atoms with Crippen LogP contribution in [0.25, 0.3) is 0 Å². The standard InChI is InChI=1S/C22H30N2O2/c1-16-17(2)21(25-5)11-10-18(16)12-24-13-19-8-6-7-9-22(19)26-20(15-24)14-23(3)4/h6-11,20H,12-15H2,1-5H3. The van der Waals surface area contributed by atoms with Crippen LogP contribution in [0.5, 0.6) is 11.5 Å². The Bertz CT molecular complexity index is 758. The third-order valence-corrected chi connectivity index (χ3v) is 5.15. The van der Waals surface area contributed by atoms with E-state index in [4.69, 9.17) is 9.47 Å². The van der Waals surface area contributed by atoms with Crippen molar-refractivity contribution >= 4 is 0 Å². The van der Waals surface area contributed by atoms with Gasteiger partial charge in [-0.2, -0.15) is 0 Å². The van der Waals surface area contributed by atoms with E-state index in [1.54, 1.807) is 7.11 Å². The summed E-state index contributed by atoms with van der Waals surface area (Å²) in [5, 5.41) is 0. The first-order chi connectivity index (χ1) is 12.5. The molecule has 1 aliphatic heterocycles. The van der Waals surface area contributed by atoms with Crippen LogP contribution in [-0.2, 0) is 13.1 Å². The van der Waals surface area contributed by atoms with Crippen LogP contribution >= 0.6 is 0 Å². The molecule has 0 spiro atoms. The van der Waals surface area contributed by atoms with Crippen LogP contribution < -0.4 is 9.47 Å². The maximum absolute atomic E-state index is 6.32. The molecule has 140 valence electrons. The molecule has 2 aromatic rings. The SMILES string of the molecule is COc1ccc(CN2Cc3ccccc3OC(CN(C)C)C2)c(C)c1C. The van der Waals surface area contributed by atoms with Gasteiger partial charge in [0.15, 0.2) is 0 Å². The topological polar surface area (TPSA) is 24.9 Å². The number of benzene rings is 2. The summed E-state index contributed by atoms with van der Waals surface area (Å²) in [6, 6.07) is 12.7. The summed E-state index contributed by atoms with van der Waals surface area (Å²) in [7, 11) is 5.93. The first-order valence-electron chi connectivity index (χ1n) is 9.22. The summed E-state index contributed by atoms with van der Waals surface area (Å²) in [6.07, 6.45) is 0.160. The molecular formula is C22H30N2O2. The molecule has 0 aromatic heterocycles. The van der Waals surface area contributed by atoms with Gasteiger partial charge in [0.25, 0.3) is 0 Å². The molecule has 0 N–H and O–H groups in total. The Morgan fingerprint density at radius 3 is 2.62 bits per heavy atom. The van der Waals surface area contributed by atoms with E-state index in [9.17, 15) is 0 Å². The zero-order valence-electron chi connectivity index (χ0n) is 16.6. The lowest BCUT2D eigenvalue weighted by molar-refractivity contribution is 0.116. The van der Waals surface area contributed by atoms with Crippen molar-refractivity contribution < 1.29 is 9.47 Å². The quantitative estimate of drug-likeness (QED) is 0.818. The van der Waals surface area contributed by atoms with Gasteiger partial charge in [0.1, 0.15) is 17.6 Å². The molecule has 4 heteroatoms. The molecule has 0 amide bonds. The fourth-order valence-corrected chi connectivity index (χ4v) is 3.67. The van der Waals surface area contributed by atoms with E-state index in [-0.39, 0.29) is 6.10 Å². The third kappa shape index (κ3) is 4.19. The van der Waals surface area contributed by atoms with Gasteiger partial charge in [-0.15, -0.1) is 0 Å². The molecule has 26 heavy (non-hydrogen) atoms. The fourth-order valence-electron chi connectivity index (χ4n) is 3.67. The van der Waals surface area contributed by atoms with Crippen molar-refractivity contribution in [2.75, 3.05) is 34.3 Å². The third-order valence-electron chi connectivity index (χ3n) is 5.15. The average molecular weight is 354 g/mol. The summed E-state index contributed by atoms with van der Waals surface area (Å²) >= 11 is 0. The first kappa shape index (κ1) is 18.7. The minimum Gasteiger partial charge on any atom is -0.496 e. The van der Waals surface area contributed by atoms with Gasteiger partial charge in [-0.05, 0) is 56.8 Å². The van der Waals surface area contributed by atoms with E-state index in [1.807, 2.05) is 0 Å². The Kier molecular flexibility index (Phi) is 5.84. The summed E-state index contributed by atoms with van der Waals surface area (Å²) in [5.74, 6) is 1.98. The normalized spacial score (nSPS) is 17.5. The molecule has 1 heterocycles. The molecule has 4 nitrogen and oxygen atoms in total. The second-order valence-electron chi connectivity index (χ2n) is 7.46. The molecular weight excluding hydrogens is 324 g/mol. The van der Waals surface area contributed by atoms with Gasteiger partial charge in [0.2, 0.25) is 0 Å². The number of rotatable bonds is 5. The van der Waals surface area contributed by atoms with E-state index >= 15 is 0 Å². The van der Waals surface area contributed by atoms with Gasteiger partial charge in [-0.25, -0.2) is 0 Å². The molecule has 1 atom stereocenters. The minimum absolute atomic E-state index is 0.160. The summed E-state index contributed by atoms with van der Waals surface area (Å²) in [4.78, 5) is 4.69. The van der Waals surface area contributed by atoms with Gasteiger partial charge in [0, 0.05) is 31.7 Å². The number of hydrogen-bond donors (Lipinski definition) is 0. The highest BCUT2D eigenvalue weighted by atomic mass is 16.5. The van der Waals surface area contributed by atoms with Crippen molar-refractivity contribution in [1.82, 2.24) is 9.80 Å². The largest absolute Gasteiger partial charge is 0.496 e. The van der Waals surface area contributed by atoms with Crippen LogP contribution in [-0.4, -0.2) is 50.2 Å². The fraction of sp³-hybridized carbons (Fsp3) is 0.455. The van der Waals surface area contributed by atoms with Crippen molar-refractivity contribution in [3.63, 3.8) is 0 Å². The lowest BCUT2D eigenvalue weighted by Crippen LogP contribution is -2.39. The number of para-hydroxylation sites is 1. The Hall–Kier alpha value is -2.04. The number of likely N-dealkylation sites (N-methyl/N-ethyl adjacent to an activating group) is 1. The highest BCUT2D eigenvalue weighted by Crippen LogP contribution is 2.28. The van der Waals surface area contributed by atoms with E-state index in [0.29, 0.717) is 0 Å².